The van der Waals surface area contributed by atoms with Crippen LogP contribution in [0, 0.1) is 6.92 Å². The molecular formula is C10H7Cl2N3O4S2. The molecule has 1 aromatic heterocycles. The molecule has 0 aliphatic heterocycles. The molecule has 7 nitrogen and oxygen atoms in total. The SMILES string of the molecule is Cc1nsc(NS(=O)(=O)c2cc(C(=O)O)c(Cl)cc2Cl)n1. The largest absolute Gasteiger partial charge is 0.478 e. The van der Waals surface area contributed by atoms with Crippen molar-refractivity contribution in [3.8, 4) is 0 Å². The number of halogens is 2. The normalized spacial score (nSPS) is 11.4. The number of benzene rings is 1. The average Bonchev–Trinajstić information content (AvgIpc) is 2.72. The summed E-state index contributed by atoms with van der Waals surface area (Å²) in [7, 11) is -4.10. The number of sulfonamides is 1. The predicted molar refractivity (Wildman–Crippen MR) is 78.9 cm³/mol. The van der Waals surface area contributed by atoms with Gasteiger partial charge in [-0.1, -0.05) is 23.2 Å². The molecular weight excluding hydrogens is 361 g/mol. The molecule has 0 atom stereocenters. The number of aryl methyl sites for hydroxylation is 1. The molecule has 21 heavy (non-hydrogen) atoms. The Balaban J connectivity index is 2.49. The number of aromatic nitrogens is 2. The minimum atomic E-state index is -4.10. The van der Waals surface area contributed by atoms with Crippen molar-refractivity contribution in [1.29, 1.82) is 0 Å². The van der Waals surface area contributed by atoms with Crippen LogP contribution in [0.3, 0.4) is 0 Å². The maximum Gasteiger partial charge on any atom is 0.337 e. The summed E-state index contributed by atoms with van der Waals surface area (Å²) >= 11 is 12.4. The lowest BCUT2D eigenvalue weighted by atomic mass is 10.2. The summed E-state index contributed by atoms with van der Waals surface area (Å²) in [5, 5.41) is 8.68. The van der Waals surface area contributed by atoms with Crippen molar-refractivity contribution in [2.75, 3.05) is 4.72 Å². The first-order valence-corrected chi connectivity index (χ1v) is 8.27. The fourth-order valence-electron chi connectivity index (χ4n) is 1.41. The van der Waals surface area contributed by atoms with Crippen LogP contribution in [0.2, 0.25) is 10.0 Å². The van der Waals surface area contributed by atoms with E-state index in [-0.39, 0.29) is 20.7 Å². The van der Waals surface area contributed by atoms with Gasteiger partial charge in [-0.25, -0.2) is 18.2 Å². The van der Waals surface area contributed by atoms with E-state index < -0.39 is 20.9 Å². The number of hydrogen-bond acceptors (Lipinski definition) is 6. The van der Waals surface area contributed by atoms with E-state index in [4.69, 9.17) is 28.3 Å². The molecule has 0 aliphatic rings. The highest BCUT2D eigenvalue weighted by molar-refractivity contribution is 7.93. The number of aromatic carboxylic acids is 1. The van der Waals surface area contributed by atoms with E-state index in [0.717, 1.165) is 23.7 Å². The quantitative estimate of drug-likeness (QED) is 0.859. The number of carboxylic acid groups (broad SMARTS) is 1. The molecule has 112 valence electrons. The van der Waals surface area contributed by atoms with Crippen LogP contribution < -0.4 is 4.72 Å². The van der Waals surface area contributed by atoms with Gasteiger partial charge in [-0.2, -0.15) is 4.37 Å². The Hall–Kier alpha value is -1.42. The van der Waals surface area contributed by atoms with Gasteiger partial charge >= 0.3 is 5.97 Å². The van der Waals surface area contributed by atoms with Crippen LogP contribution in [-0.2, 0) is 10.0 Å². The van der Waals surface area contributed by atoms with Gasteiger partial charge in [0, 0.05) is 11.5 Å². The van der Waals surface area contributed by atoms with Crippen LogP contribution in [0.25, 0.3) is 0 Å². The third kappa shape index (κ3) is 3.43. The minimum Gasteiger partial charge on any atom is -0.478 e. The van der Waals surface area contributed by atoms with E-state index >= 15 is 0 Å². The summed E-state index contributed by atoms with van der Waals surface area (Å²) in [5.74, 6) is -0.953. The summed E-state index contributed by atoms with van der Waals surface area (Å²) < 4.78 is 30.5. The molecule has 2 N–H and O–H groups in total. The van der Waals surface area contributed by atoms with Gasteiger partial charge in [0.2, 0.25) is 5.13 Å². The van der Waals surface area contributed by atoms with Crippen LogP contribution in [0.15, 0.2) is 17.0 Å². The lowest BCUT2D eigenvalue weighted by Crippen LogP contribution is -2.14. The molecule has 0 spiro atoms. The van der Waals surface area contributed by atoms with Crippen LogP contribution in [0.4, 0.5) is 5.13 Å². The molecule has 0 amide bonds. The fourth-order valence-corrected chi connectivity index (χ4v) is 4.06. The van der Waals surface area contributed by atoms with Gasteiger partial charge in [-0.3, -0.25) is 4.72 Å². The van der Waals surface area contributed by atoms with E-state index in [9.17, 15) is 13.2 Å². The van der Waals surface area contributed by atoms with Crippen LogP contribution in [0.1, 0.15) is 16.2 Å². The number of rotatable bonds is 4. The Morgan fingerprint density at radius 2 is 2.00 bits per heavy atom. The zero-order valence-corrected chi connectivity index (χ0v) is 13.4. The molecule has 0 saturated carbocycles. The van der Waals surface area contributed by atoms with Gasteiger partial charge in [0.15, 0.2) is 0 Å². The number of nitrogens with zero attached hydrogens (tertiary/aromatic N) is 2. The molecule has 2 aromatic rings. The van der Waals surface area contributed by atoms with Gasteiger partial charge in [-0.05, 0) is 19.1 Å². The standard InChI is InChI=1S/C10H7Cl2N3O4S2/c1-4-13-10(20-14-4)15-21(18,19)8-2-5(9(16)17)6(11)3-7(8)12/h2-3H,1H3,(H,16,17)(H,13,14,15). The van der Waals surface area contributed by atoms with Crippen molar-refractivity contribution in [3.05, 3.63) is 33.6 Å². The maximum absolute atomic E-state index is 12.2. The second-order valence-corrected chi connectivity index (χ2v) is 7.04. The topological polar surface area (TPSA) is 109 Å². The predicted octanol–water partition coefficient (Wildman–Crippen LogP) is 2.65. The van der Waals surface area contributed by atoms with E-state index in [0.29, 0.717) is 5.82 Å². The van der Waals surface area contributed by atoms with Crippen molar-refractivity contribution in [3.63, 3.8) is 0 Å². The zero-order valence-electron chi connectivity index (χ0n) is 10.3. The van der Waals surface area contributed by atoms with Crippen molar-refractivity contribution in [2.45, 2.75) is 11.8 Å². The summed E-state index contributed by atoms with van der Waals surface area (Å²) in [5.41, 5.74) is -0.366. The summed E-state index contributed by atoms with van der Waals surface area (Å²) in [6.45, 7) is 1.60. The zero-order chi connectivity index (χ0) is 15.8. The third-order valence-electron chi connectivity index (χ3n) is 2.29. The summed E-state index contributed by atoms with van der Waals surface area (Å²) in [4.78, 5) is 14.5. The minimum absolute atomic E-state index is 0.0513. The van der Waals surface area contributed by atoms with Crippen molar-refractivity contribution in [1.82, 2.24) is 9.36 Å². The summed E-state index contributed by atoms with van der Waals surface area (Å²) in [6, 6.07) is 1.95. The van der Waals surface area contributed by atoms with Crippen LogP contribution in [0.5, 0.6) is 0 Å². The summed E-state index contributed by atoms with van der Waals surface area (Å²) in [6.07, 6.45) is 0. The van der Waals surface area contributed by atoms with Gasteiger partial charge in [0.25, 0.3) is 10.0 Å². The number of anilines is 1. The van der Waals surface area contributed by atoms with Gasteiger partial charge in [-0.15, -0.1) is 0 Å². The highest BCUT2D eigenvalue weighted by Crippen LogP contribution is 2.30. The number of nitrogens with one attached hydrogen (secondary N) is 1. The molecule has 0 saturated heterocycles. The Labute approximate surface area is 133 Å². The lowest BCUT2D eigenvalue weighted by molar-refractivity contribution is 0.0697. The number of carbonyl (C=O) groups is 1. The molecule has 2 rings (SSSR count). The molecule has 0 radical (unpaired) electrons. The van der Waals surface area contributed by atoms with Crippen molar-refractivity contribution >= 4 is 55.9 Å². The maximum atomic E-state index is 12.2. The molecule has 11 heteroatoms. The molecule has 0 unspecified atom stereocenters. The molecule has 0 fully saturated rings. The third-order valence-corrected chi connectivity index (χ3v) is 5.26. The average molecular weight is 368 g/mol. The first kappa shape index (κ1) is 16.0. The second-order valence-electron chi connectivity index (χ2n) is 3.82. The number of hydrogen-bond donors (Lipinski definition) is 2. The first-order chi connectivity index (χ1) is 9.70. The Kier molecular flexibility index (Phi) is 4.38. The smallest absolute Gasteiger partial charge is 0.337 e. The van der Waals surface area contributed by atoms with Crippen molar-refractivity contribution < 1.29 is 18.3 Å². The molecule has 1 aromatic carbocycles. The van der Waals surface area contributed by atoms with Crippen LogP contribution >= 0.6 is 34.7 Å². The van der Waals surface area contributed by atoms with E-state index in [1.54, 1.807) is 6.92 Å². The Morgan fingerprint density at radius 3 is 2.52 bits per heavy atom. The Morgan fingerprint density at radius 1 is 1.33 bits per heavy atom. The van der Waals surface area contributed by atoms with E-state index in [2.05, 4.69) is 14.1 Å². The van der Waals surface area contributed by atoms with Crippen molar-refractivity contribution in [2.24, 2.45) is 0 Å². The van der Waals surface area contributed by atoms with Gasteiger partial charge in [0.05, 0.1) is 15.6 Å². The fraction of sp³-hybridized carbons (Fsp3) is 0.100. The lowest BCUT2D eigenvalue weighted by Gasteiger charge is -2.09. The Bertz CT molecular complexity index is 820. The number of carboxylic acids is 1. The van der Waals surface area contributed by atoms with Gasteiger partial charge < -0.3 is 5.11 Å². The second kappa shape index (κ2) is 5.76. The highest BCUT2D eigenvalue weighted by Gasteiger charge is 2.23. The van der Waals surface area contributed by atoms with E-state index in [1.807, 2.05) is 0 Å². The van der Waals surface area contributed by atoms with Crippen LogP contribution in [-0.4, -0.2) is 28.9 Å². The highest BCUT2D eigenvalue weighted by atomic mass is 35.5. The molecule has 0 aliphatic carbocycles. The first-order valence-electron chi connectivity index (χ1n) is 5.26. The monoisotopic (exact) mass is 367 g/mol. The molecule has 0 bridgehead atoms. The molecule has 1 heterocycles. The van der Waals surface area contributed by atoms with Gasteiger partial charge in [0.1, 0.15) is 10.7 Å². The van der Waals surface area contributed by atoms with E-state index in [1.165, 1.54) is 0 Å².